The average molecular weight is 493 g/mol. The molecule has 1 saturated heterocycles. The predicted octanol–water partition coefficient (Wildman–Crippen LogP) is 2.64. The van der Waals surface area contributed by atoms with Gasteiger partial charge in [0.05, 0.1) is 31.0 Å². The summed E-state index contributed by atoms with van der Waals surface area (Å²) in [5, 5.41) is 0. The van der Waals surface area contributed by atoms with Crippen LogP contribution in [0.2, 0.25) is 0 Å². The van der Waals surface area contributed by atoms with Crippen molar-refractivity contribution in [2.45, 2.75) is 44.6 Å². The summed E-state index contributed by atoms with van der Waals surface area (Å²) < 4.78 is 42.7. The van der Waals surface area contributed by atoms with Gasteiger partial charge in [-0.15, -0.1) is 0 Å². The first-order chi connectivity index (χ1) is 16.0. The fourth-order valence-electron chi connectivity index (χ4n) is 3.96. The Morgan fingerprint density at radius 1 is 1.06 bits per heavy atom. The second-order valence-corrected chi connectivity index (χ2v) is 9.91. The van der Waals surface area contributed by atoms with Crippen LogP contribution in [0, 0.1) is 13.8 Å². The standard InChI is InChI=1S/C23H28N2O8S/c1-13-19(23(28)32-5)14(2)24-20(13)21(26)15(3)33-22(27)16-8-9-17(31-4)18(12-16)34(29,30)25-10-6-7-11-25/h8-9,12,15,24H,6-7,10-11H2,1-5H3/t15-/m0/s1. The van der Waals surface area contributed by atoms with E-state index >= 15 is 0 Å². The van der Waals surface area contributed by atoms with E-state index in [4.69, 9.17) is 14.2 Å². The molecule has 3 rings (SSSR count). The van der Waals surface area contributed by atoms with Gasteiger partial charge in [-0.05, 0) is 57.4 Å². The summed E-state index contributed by atoms with van der Waals surface area (Å²) >= 11 is 0. The van der Waals surface area contributed by atoms with Gasteiger partial charge >= 0.3 is 11.9 Å². The fourth-order valence-corrected chi connectivity index (χ4v) is 5.66. The van der Waals surface area contributed by atoms with Gasteiger partial charge in [-0.3, -0.25) is 4.79 Å². The van der Waals surface area contributed by atoms with Crippen molar-refractivity contribution in [3.8, 4) is 5.75 Å². The molecule has 10 nitrogen and oxygen atoms in total. The maximum Gasteiger partial charge on any atom is 0.339 e. The highest BCUT2D eigenvalue weighted by atomic mass is 32.2. The second kappa shape index (κ2) is 9.98. The van der Waals surface area contributed by atoms with Gasteiger partial charge in [0.1, 0.15) is 10.6 Å². The summed E-state index contributed by atoms with van der Waals surface area (Å²) in [6.45, 7) is 5.42. The Labute approximate surface area is 198 Å². The van der Waals surface area contributed by atoms with E-state index in [2.05, 4.69) is 4.98 Å². The van der Waals surface area contributed by atoms with Gasteiger partial charge in [-0.1, -0.05) is 0 Å². The number of Topliss-reactive ketones (excluding diaryl/α,β-unsaturated/α-hetero) is 1. The summed E-state index contributed by atoms with van der Waals surface area (Å²) in [6.07, 6.45) is 0.326. The van der Waals surface area contributed by atoms with Crippen LogP contribution in [0.3, 0.4) is 0 Å². The topological polar surface area (TPSA) is 132 Å². The lowest BCUT2D eigenvalue weighted by atomic mass is 10.1. The highest BCUT2D eigenvalue weighted by Crippen LogP contribution is 2.30. The quantitative estimate of drug-likeness (QED) is 0.439. The highest BCUT2D eigenvalue weighted by molar-refractivity contribution is 7.89. The number of hydrogen-bond acceptors (Lipinski definition) is 8. The SMILES string of the molecule is COC(=O)c1c(C)[nH]c(C(=O)[C@H](C)OC(=O)c2ccc(OC)c(S(=O)(=O)N3CCCC3)c2)c1C. The molecule has 0 aliphatic carbocycles. The molecule has 2 aromatic rings. The van der Waals surface area contributed by atoms with Gasteiger partial charge in [-0.25, -0.2) is 18.0 Å². The number of esters is 2. The first kappa shape index (κ1) is 25.4. The molecule has 1 atom stereocenters. The fraction of sp³-hybridized carbons (Fsp3) is 0.435. The Kier molecular flexibility index (Phi) is 7.47. The Balaban J connectivity index is 1.84. The number of H-pyrrole nitrogens is 1. The number of carbonyl (C=O) groups excluding carboxylic acids is 3. The van der Waals surface area contributed by atoms with E-state index in [1.165, 1.54) is 43.6 Å². The van der Waals surface area contributed by atoms with E-state index < -0.39 is 33.8 Å². The number of aryl methyl sites for hydroxylation is 1. The minimum atomic E-state index is -3.86. The number of benzene rings is 1. The van der Waals surface area contributed by atoms with Gasteiger partial charge < -0.3 is 19.2 Å². The number of nitrogens with one attached hydrogen (secondary N) is 1. The van der Waals surface area contributed by atoms with Crippen LogP contribution in [0.4, 0.5) is 0 Å². The zero-order valence-electron chi connectivity index (χ0n) is 19.8. The number of nitrogens with zero attached hydrogens (tertiary/aromatic N) is 1. The molecule has 34 heavy (non-hydrogen) atoms. The van der Waals surface area contributed by atoms with E-state index in [9.17, 15) is 22.8 Å². The van der Waals surface area contributed by atoms with Gasteiger partial charge in [0.15, 0.2) is 6.10 Å². The first-order valence-electron chi connectivity index (χ1n) is 10.7. The average Bonchev–Trinajstić information content (AvgIpc) is 3.46. The minimum absolute atomic E-state index is 0.0344. The maximum atomic E-state index is 13.1. The zero-order chi connectivity index (χ0) is 25.2. The molecule has 11 heteroatoms. The van der Waals surface area contributed by atoms with Gasteiger partial charge in [-0.2, -0.15) is 4.31 Å². The molecule has 0 saturated carbocycles. The molecule has 2 heterocycles. The van der Waals surface area contributed by atoms with Gasteiger partial charge in [0.2, 0.25) is 15.8 Å². The number of ketones is 1. The predicted molar refractivity (Wildman–Crippen MR) is 122 cm³/mol. The lowest BCUT2D eigenvalue weighted by Gasteiger charge is -2.18. The number of carbonyl (C=O) groups is 3. The molecular formula is C23H28N2O8S. The Morgan fingerprint density at radius 3 is 2.29 bits per heavy atom. The molecule has 1 aliphatic rings. The maximum absolute atomic E-state index is 13.1. The normalized spacial score (nSPS) is 15.1. The second-order valence-electron chi connectivity index (χ2n) is 8.01. The van der Waals surface area contributed by atoms with E-state index in [1.807, 2.05) is 0 Å². The van der Waals surface area contributed by atoms with Crippen LogP contribution in [0.25, 0.3) is 0 Å². The van der Waals surface area contributed by atoms with Gasteiger partial charge in [0.25, 0.3) is 0 Å². The van der Waals surface area contributed by atoms with E-state index in [0.717, 1.165) is 12.8 Å². The van der Waals surface area contributed by atoms with Crippen molar-refractivity contribution in [1.82, 2.24) is 9.29 Å². The third kappa shape index (κ3) is 4.71. The number of methoxy groups -OCH3 is 2. The molecular weight excluding hydrogens is 464 g/mol. The number of rotatable bonds is 8. The van der Waals surface area contributed by atoms with Crippen molar-refractivity contribution in [3.63, 3.8) is 0 Å². The smallest absolute Gasteiger partial charge is 0.339 e. The summed E-state index contributed by atoms with van der Waals surface area (Å²) in [6, 6.07) is 3.96. The first-order valence-corrected chi connectivity index (χ1v) is 12.2. The van der Waals surface area contributed by atoms with Crippen molar-refractivity contribution in [2.75, 3.05) is 27.3 Å². The van der Waals surface area contributed by atoms with Crippen LogP contribution >= 0.6 is 0 Å². The number of aromatic amines is 1. The molecule has 1 aromatic carbocycles. The number of hydrogen-bond donors (Lipinski definition) is 1. The molecule has 0 spiro atoms. The van der Waals surface area contributed by atoms with Crippen LogP contribution in [0.1, 0.15) is 62.2 Å². The van der Waals surface area contributed by atoms with Crippen molar-refractivity contribution >= 4 is 27.7 Å². The van der Waals surface area contributed by atoms with Crippen LogP contribution in [0.5, 0.6) is 5.75 Å². The van der Waals surface area contributed by atoms with Crippen LogP contribution in [-0.4, -0.2) is 68.8 Å². The molecule has 0 unspecified atom stereocenters. The Bertz CT molecular complexity index is 1230. The third-order valence-electron chi connectivity index (χ3n) is 5.81. The largest absolute Gasteiger partial charge is 0.495 e. The van der Waals surface area contributed by atoms with Crippen molar-refractivity contribution in [3.05, 3.63) is 46.3 Å². The number of ether oxygens (including phenoxy) is 3. The minimum Gasteiger partial charge on any atom is -0.495 e. The molecule has 1 fully saturated rings. The summed E-state index contributed by atoms with van der Waals surface area (Å²) in [4.78, 5) is 40.4. The molecule has 1 aromatic heterocycles. The molecule has 1 aliphatic heterocycles. The zero-order valence-corrected chi connectivity index (χ0v) is 20.6. The number of aromatic nitrogens is 1. The molecule has 0 amide bonds. The van der Waals surface area contributed by atoms with Gasteiger partial charge in [0, 0.05) is 18.8 Å². The van der Waals surface area contributed by atoms with Crippen LogP contribution < -0.4 is 4.74 Å². The number of sulfonamides is 1. The van der Waals surface area contributed by atoms with Crippen molar-refractivity contribution in [1.29, 1.82) is 0 Å². The van der Waals surface area contributed by atoms with E-state index in [-0.39, 0.29) is 27.5 Å². The molecule has 1 N–H and O–H groups in total. The Hall–Kier alpha value is -3.18. The van der Waals surface area contributed by atoms with Crippen molar-refractivity contribution in [2.24, 2.45) is 0 Å². The molecule has 0 bridgehead atoms. The van der Waals surface area contributed by atoms with E-state index in [1.54, 1.807) is 13.8 Å². The monoisotopic (exact) mass is 492 g/mol. The third-order valence-corrected chi connectivity index (χ3v) is 7.73. The van der Waals surface area contributed by atoms with Crippen LogP contribution in [0.15, 0.2) is 23.1 Å². The lowest BCUT2D eigenvalue weighted by Crippen LogP contribution is -2.29. The Morgan fingerprint density at radius 2 is 1.71 bits per heavy atom. The highest BCUT2D eigenvalue weighted by Gasteiger charge is 2.32. The summed E-state index contributed by atoms with van der Waals surface area (Å²) in [5.74, 6) is -1.88. The summed E-state index contributed by atoms with van der Waals surface area (Å²) in [5.41, 5.74) is 1.19. The van der Waals surface area contributed by atoms with Crippen LogP contribution in [-0.2, 0) is 19.5 Å². The molecule has 184 valence electrons. The van der Waals surface area contributed by atoms with Crippen molar-refractivity contribution < 1.29 is 37.0 Å². The van der Waals surface area contributed by atoms with E-state index in [0.29, 0.717) is 24.3 Å². The summed E-state index contributed by atoms with van der Waals surface area (Å²) in [7, 11) is -1.27. The lowest BCUT2D eigenvalue weighted by molar-refractivity contribution is 0.0316. The molecule has 0 radical (unpaired) electrons.